The zero-order chi connectivity index (χ0) is 12.6. The first-order chi connectivity index (χ1) is 7.51. The smallest absolute Gasteiger partial charge is 0.319 e. The molecule has 0 spiro atoms. The van der Waals surface area contributed by atoms with Crippen LogP contribution in [-0.2, 0) is 9.53 Å². The van der Waals surface area contributed by atoms with Crippen LogP contribution in [0.2, 0.25) is 0 Å². The molecule has 0 unspecified atom stereocenters. The fraction of sp³-hybridized carbons (Fsp3) is 0.917. The molecule has 0 atom stereocenters. The van der Waals surface area contributed by atoms with Gasteiger partial charge in [-0.2, -0.15) is 0 Å². The molecule has 0 saturated heterocycles. The summed E-state index contributed by atoms with van der Waals surface area (Å²) in [6.45, 7) is 7.58. The van der Waals surface area contributed by atoms with E-state index in [1.807, 2.05) is 18.7 Å². The summed E-state index contributed by atoms with van der Waals surface area (Å²) in [6, 6.07) is 0. The molecule has 0 aromatic carbocycles. The van der Waals surface area contributed by atoms with Crippen LogP contribution in [-0.4, -0.2) is 48.3 Å². The molecule has 0 radical (unpaired) electrons. The number of hydrogen-bond acceptors (Lipinski definition) is 4. The Morgan fingerprint density at radius 1 is 1.31 bits per heavy atom. The van der Waals surface area contributed by atoms with Crippen LogP contribution in [0.1, 0.15) is 40.0 Å². The monoisotopic (exact) mass is 231 g/mol. The van der Waals surface area contributed by atoms with Crippen molar-refractivity contribution in [2.75, 3.05) is 26.7 Å². The standard InChI is InChI=1S/C12H25NO3/c1-5-8-13(9-11(14)16-4)10-12(15,6-2)7-3/h15H,5-10H2,1-4H3. The number of methoxy groups -OCH3 is 1. The number of aliphatic hydroxyl groups is 1. The number of carbonyl (C=O) groups is 1. The summed E-state index contributed by atoms with van der Waals surface area (Å²) in [5.41, 5.74) is -0.691. The minimum Gasteiger partial charge on any atom is -0.468 e. The van der Waals surface area contributed by atoms with E-state index in [-0.39, 0.29) is 12.5 Å². The summed E-state index contributed by atoms with van der Waals surface area (Å²) in [6.07, 6.45) is 2.36. The molecule has 0 fully saturated rings. The third-order valence-corrected chi connectivity index (χ3v) is 2.95. The lowest BCUT2D eigenvalue weighted by Gasteiger charge is -2.32. The average molecular weight is 231 g/mol. The summed E-state index contributed by atoms with van der Waals surface area (Å²) in [5.74, 6) is -0.247. The molecule has 0 aromatic heterocycles. The Morgan fingerprint density at radius 2 is 1.88 bits per heavy atom. The fourth-order valence-corrected chi connectivity index (χ4v) is 1.67. The number of hydrogen-bond donors (Lipinski definition) is 1. The fourth-order valence-electron chi connectivity index (χ4n) is 1.67. The summed E-state index contributed by atoms with van der Waals surface area (Å²) in [5, 5.41) is 10.2. The Labute approximate surface area is 98.6 Å². The van der Waals surface area contributed by atoms with Crippen molar-refractivity contribution in [2.45, 2.75) is 45.6 Å². The maximum atomic E-state index is 11.2. The Kier molecular flexibility index (Phi) is 7.34. The van der Waals surface area contributed by atoms with Crippen LogP contribution < -0.4 is 0 Å². The lowest BCUT2D eigenvalue weighted by Crippen LogP contribution is -2.44. The molecule has 0 saturated carbocycles. The normalized spacial score (nSPS) is 11.9. The van der Waals surface area contributed by atoms with Gasteiger partial charge in [-0.25, -0.2) is 0 Å². The van der Waals surface area contributed by atoms with E-state index < -0.39 is 5.60 Å². The Morgan fingerprint density at radius 3 is 2.25 bits per heavy atom. The first-order valence-corrected chi connectivity index (χ1v) is 6.02. The molecule has 0 rings (SSSR count). The predicted octanol–water partition coefficient (Wildman–Crippen LogP) is 1.42. The zero-order valence-electron chi connectivity index (χ0n) is 11.0. The molecule has 0 aromatic rings. The predicted molar refractivity (Wildman–Crippen MR) is 64.3 cm³/mol. The summed E-state index contributed by atoms with van der Waals surface area (Å²) in [7, 11) is 1.39. The molecule has 0 heterocycles. The quantitative estimate of drug-likeness (QED) is 0.642. The van der Waals surface area contributed by atoms with Crippen molar-refractivity contribution in [1.82, 2.24) is 4.90 Å². The Balaban J connectivity index is 4.36. The van der Waals surface area contributed by atoms with E-state index in [1.165, 1.54) is 7.11 Å². The van der Waals surface area contributed by atoms with E-state index in [1.54, 1.807) is 0 Å². The van der Waals surface area contributed by atoms with Crippen molar-refractivity contribution in [3.63, 3.8) is 0 Å². The van der Waals surface area contributed by atoms with Gasteiger partial charge in [0.1, 0.15) is 0 Å². The largest absolute Gasteiger partial charge is 0.468 e. The second kappa shape index (κ2) is 7.63. The molecule has 0 aliphatic heterocycles. The number of nitrogens with zero attached hydrogens (tertiary/aromatic N) is 1. The third kappa shape index (κ3) is 5.47. The summed E-state index contributed by atoms with van der Waals surface area (Å²) < 4.78 is 4.65. The summed E-state index contributed by atoms with van der Waals surface area (Å²) in [4.78, 5) is 13.2. The molecule has 16 heavy (non-hydrogen) atoms. The zero-order valence-corrected chi connectivity index (χ0v) is 11.0. The first kappa shape index (κ1) is 15.4. The lowest BCUT2D eigenvalue weighted by atomic mass is 9.96. The van der Waals surface area contributed by atoms with Crippen molar-refractivity contribution in [2.24, 2.45) is 0 Å². The van der Waals surface area contributed by atoms with Crippen LogP contribution in [0.25, 0.3) is 0 Å². The second-order valence-corrected chi connectivity index (χ2v) is 4.22. The summed E-state index contributed by atoms with van der Waals surface area (Å²) >= 11 is 0. The maximum absolute atomic E-state index is 11.2. The van der Waals surface area contributed by atoms with Crippen molar-refractivity contribution in [3.05, 3.63) is 0 Å². The molecular weight excluding hydrogens is 206 g/mol. The van der Waals surface area contributed by atoms with E-state index in [4.69, 9.17) is 0 Å². The molecule has 4 heteroatoms. The van der Waals surface area contributed by atoms with E-state index >= 15 is 0 Å². The minimum atomic E-state index is -0.691. The average Bonchev–Trinajstić information content (AvgIpc) is 2.29. The number of carbonyl (C=O) groups excluding carboxylic acids is 1. The van der Waals surface area contributed by atoms with Crippen molar-refractivity contribution >= 4 is 5.97 Å². The van der Waals surface area contributed by atoms with Gasteiger partial charge in [-0.05, 0) is 25.8 Å². The maximum Gasteiger partial charge on any atom is 0.319 e. The van der Waals surface area contributed by atoms with Gasteiger partial charge in [-0.1, -0.05) is 20.8 Å². The van der Waals surface area contributed by atoms with Crippen LogP contribution in [0.15, 0.2) is 0 Å². The van der Waals surface area contributed by atoms with Crippen molar-refractivity contribution in [3.8, 4) is 0 Å². The molecule has 96 valence electrons. The van der Waals surface area contributed by atoms with E-state index in [2.05, 4.69) is 11.7 Å². The van der Waals surface area contributed by atoms with E-state index in [0.717, 1.165) is 13.0 Å². The topological polar surface area (TPSA) is 49.8 Å². The van der Waals surface area contributed by atoms with Crippen molar-refractivity contribution < 1.29 is 14.6 Å². The van der Waals surface area contributed by atoms with Gasteiger partial charge in [0.05, 0.1) is 19.3 Å². The van der Waals surface area contributed by atoms with Gasteiger partial charge < -0.3 is 9.84 Å². The van der Waals surface area contributed by atoms with Gasteiger partial charge >= 0.3 is 5.97 Å². The number of rotatable bonds is 8. The molecule has 0 aliphatic rings. The first-order valence-electron chi connectivity index (χ1n) is 6.02. The third-order valence-electron chi connectivity index (χ3n) is 2.95. The second-order valence-electron chi connectivity index (χ2n) is 4.22. The highest BCUT2D eigenvalue weighted by Gasteiger charge is 2.26. The van der Waals surface area contributed by atoms with Crippen LogP contribution in [0.3, 0.4) is 0 Å². The molecule has 0 aliphatic carbocycles. The molecular formula is C12H25NO3. The van der Waals surface area contributed by atoms with Crippen LogP contribution in [0, 0.1) is 0 Å². The Bertz CT molecular complexity index is 202. The highest BCUT2D eigenvalue weighted by Crippen LogP contribution is 2.16. The van der Waals surface area contributed by atoms with E-state index in [0.29, 0.717) is 19.4 Å². The minimum absolute atomic E-state index is 0.247. The van der Waals surface area contributed by atoms with Gasteiger partial charge in [0.25, 0.3) is 0 Å². The number of ether oxygens (including phenoxy) is 1. The van der Waals surface area contributed by atoms with Crippen LogP contribution in [0.4, 0.5) is 0 Å². The van der Waals surface area contributed by atoms with Gasteiger partial charge in [-0.15, -0.1) is 0 Å². The highest BCUT2D eigenvalue weighted by atomic mass is 16.5. The van der Waals surface area contributed by atoms with Crippen LogP contribution in [0.5, 0.6) is 0 Å². The molecule has 4 nitrogen and oxygen atoms in total. The SMILES string of the molecule is CCCN(CC(=O)OC)CC(O)(CC)CC. The number of esters is 1. The lowest BCUT2D eigenvalue weighted by molar-refractivity contribution is -0.142. The van der Waals surface area contributed by atoms with Gasteiger partial charge in [0, 0.05) is 6.54 Å². The Hall–Kier alpha value is -0.610. The molecule has 0 amide bonds. The van der Waals surface area contributed by atoms with Crippen molar-refractivity contribution in [1.29, 1.82) is 0 Å². The van der Waals surface area contributed by atoms with Gasteiger partial charge in [0.15, 0.2) is 0 Å². The highest BCUT2D eigenvalue weighted by molar-refractivity contribution is 5.71. The molecule has 1 N–H and O–H groups in total. The van der Waals surface area contributed by atoms with Gasteiger partial charge in [-0.3, -0.25) is 9.69 Å². The molecule has 0 bridgehead atoms. The van der Waals surface area contributed by atoms with Gasteiger partial charge in [0.2, 0.25) is 0 Å². The van der Waals surface area contributed by atoms with Crippen LogP contribution >= 0.6 is 0 Å². The van der Waals surface area contributed by atoms with E-state index in [9.17, 15) is 9.90 Å².